The summed E-state index contributed by atoms with van der Waals surface area (Å²) in [4.78, 5) is 42.2. The number of carboxylic acid groups (broad SMARTS) is 4. The molecular formula is C12H23N3NaO9+. The van der Waals surface area contributed by atoms with E-state index >= 15 is 0 Å². The molecule has 0 unspecified atom stereocenters. The molecule has 0 bridgehead atoms. The molecule has 9 N–H and O–H groups in total. The number of aliphatic carboxylic acids is 4. The van der Waals surface area contributed by atoms with Crippen LogP contribution in [0.1, 0.15) is 12.8 Å². The van der Waals surface area contributed by atoms with Gasteiger partial charge in [-0.1, -0.05) is 0 Å². The number of carbonyl (C=O) groups is 4. The summed E-state index contributed by atoms with van der Waals surface area (Å²) in [6.07, 6.45) is -1.24. The van der Waals surface area contributed by atoms with Gasteiger partial charge in [0.2, 0.25) is 0 Å². The summed E-state index contributed by atoms with van der Waals surface area (Å²) in [5.41, 5.74) is 4.78. The van der Waals surface area contributed by atoms with Crippen molar-refractivity contribution in [1.82, 2.24) is 10.6 Å². The summed E-state index contributed by atoms with van der Waals surface area (Å²) in [5.74, 6) is -5.25. The number of hydrogen-bond donors (Lipinski definition) is 8. The zero-order valence-corrected chi connectivity index (χ0v) is 15.8. The van der Waals surface area contributed by atoms with E-state index in [2.05, 4.69) is 10.6 Å². The number of rotatable bonds is 12. The Kier molecular flexibility index (Phi) is 20.0. The molecule has 0 rings (SSSR count). The molecule has 25 heavy (non-hydrogen) atoms. The van der Waals surface area contributed by atoms with Crippen LogP contribution in [0, 0.1) is 0 Å². The molecule has 0 fully saturated rings. The first-order valence-corrected chi connectivity index (χ1v) is 6.82. The normalized spacial score (nSPS) is 11.9. The fourth-order valence-electron chi connectivity index (χ4n) is 1.34. The molecule has 0 saturated heterocycles. The number of carboxylic acids is 4. The quantitative estimate of drug-likeness (QED) is 0.118. The van der Waals surface area contributed by atoms with Gasteiger partial charge in [0.05, 0.1) is 19.4 Å². The molecule has 140 valence electrons. The van der Waals surface area contributed by atoms with Crippen molar-refractivity contribution in [2.45, 2.75) is 24.9 Å². The van der Waals surface area contributed by atoms with Gasteiger partial charge in [0.15, 0.2) is 0 Å². The summed E-state index contributed by atoms with van der Waals surface area (Å²) in [7, 11) is 0. The van der Waals surface area contributed by atoms with Crippen molar-refractivity contribution in [3.63, 3.8) is 0 Å². The Morgan fingerprint density at radius 3 is 1.24 bits per heavy atom. The number of aliphatic hydroxyl groups is 1. The Morgan fingerprint density at radius 2 is 1.08 bits per heavy atom. The van der Waals surface area contributed by atoms with E-state index in [-0.39, 0.29) is 49.3 Å². The molecule has 0 aliphatic rings. The minimum Gasteiger partial charge on any atom is -0.481 e. The molecule has 0 spiro atoms. The van der Waals surface area contributed by atoms with Crippen molar-refractivity contribution in [3.05, 3.63) is 0 Å². The summed E-state index contributed by atoms with van der Waals surface area (Å²) in [6.45, 7) is 0.432. The number of aliphatic hydroxyl groups excluding tert-OH is 1. The van der Waals surface area contributed by atoms with Crippen molar-refractivity contribution in [2.75, 3.05) is 26.2 Å². The first-order valence-electron chi connectivity index (χ1n) is 6.82. The summed E-state index contributed by atoms with van der Waals surface area (Å²) in [6, 6.07) is -2.59. The second-order valence-corrected chi connectivity index (χ2v) is 4.40. The maximum Gasteiger partial charge on any atom is 1.00 e. The maximum absolute atomic E-state index is 10.7. The van der Waals surface area contributed by atoms with Crippen LogP contribution in [-0.4, -0.2) is 87.7 Å². The van der Waals surface area contributed by atoms with E-state index in [0.717, 1.165) is 0 Å². The Bertz CT molecular complexity index is 385. The maximum atomic E-state index is 10.7. The smallest absolute Gasteiger partial charge is 0.481 e. The molecule has 0 radical (unpaired) electrons. The predicted octanol–water partition coefficient (Wildman–Crippen LogP) is -6.04. The largest absolute Gasteiger partial charge is 1.00 e. The molecule has 2 atom stereocenters. The van der Waals surface area contributed by atoms with Crippen molar-refractivity contribution in [3.8, 4) is 0 Å². The summed E-state index contributed by atoms with van der Waals surface area (Å²) >= 11 is 0. The molecular weight excluding hydrogens is 353 g/mol. The third-order valence-corrected chi connectivity index (χ3v) is 2.39. The van der Waals surface area contributed by atoms with E-state index in [4.69, 9.17) is 31.3 Å². The van der Waals surface area contributed by atoms with E-state index in [9.17, 15) is 19.2 Å². The summed E-state index contributed by atoms with van der Waals surface area (Å²) < 4.78 is 0. The van der Waals surface area contributed by atoms with Crippen LogP contribution in [-0.2, 0) is 19.2 Å². The molecule has 0 amide bonds. The van der Waals surface area contributed by atoms with Crippen LogP contribution in [0.15, 0.2) is 0 Å². The topological polar surface area (TPSA) is 220 Å². The van der Waals surface area contributed by atoms with Crippen LogP contribution in [0.3, 0.4) is 0 Å². The molecule has 0 heterocycles. The van der Waals surface area contributed by atoms with Gasteiger partial charge < -0.3 is 41.9 Å². The Hall–Kier alpha value is -1.28. The number of nitrogens with one attached hydrogen (secondary N) is 2. The molecule has 0 aromatic rings. The van der Waals surface area contributed by atoms with Crippen LogP contribution in [0.5, 0.6) is 0 Å². The fourth-order valence-corrected chi connectivity index (χ4v) is 1.34. The SMILES string of the molecule is NCCO.O=C(O)C[C@H](NCCN[C@@H](CC(=O)O)C(=O)O)C(=O)O.[Na+]. The Morgan fingerprint density at radius 1 is 0.800 bits per heavy atom. The van der Waals surface area contributed by atoms with Crippen molar-refractivity contribution < 1.29 is 74.3 Å². The minimum atomic E-state index is -1.34. The van der Waals surface area contributed by atoms with Gasteiger partial charge in [-0.05, 0) is 0 Å². The monoisotopic (exact) mass is 376 g/mol. The van der Waals surface area contributed by atoms with E-state index < -0.39 is 48.8 Å². The zero-order valence-electron chi connectivity index (χ0n) is 13.8. The second kappa shape index (κ2) is 17.5. The average Bonchev–Trinajstić information content (AvgIpc) is 2.48. The van der Waals surface area contributed by atoms with Gasteiger partial charge in [-0.3, -0.25) is 19.2 Å². The Labute approximate surface area is 165 Å². The fraction of sp³-hybridized carbons (Fsp3) is 0.667. The third kappa shape index (κ3) is 18.9. The van der Waals surface area contributed by atoms with Gasteiger partial charge in [-0.2, -0.15) is 0 Å². The summed E-state index contributed by atoms with van der Waals surface area (Å²) in [5, 5.41) is 47.0. The standard InChI is InChI=1S/C10H16N2O8.C2H7NO.Na/c13-7(14)3-5(9(17)18)11-1-2-12-6(10(19)20)4-8(15)16;3-1-2-4;/h5-6,11-12H,1-4H2,(H,13,14)(H,15,16)(H,17,18)(H,19,20);4H,1-3H2;/q;;+1/t5-,6-;;/m0../s1. The van der Waals surface area contributed by atoms with Gasteiger partial charge in [0.25, 0.3) is 0 Å². The van der Waals surface area contributed by atoms with Gasteiger partial charge in [0, 0.05) is 19.6 Å². The number of nitrogens with two attached hydrogens (primary N) is 1. The molecule has 0 saturated carbocycles. The zero-order chi connectivity index (χ0) is 19.1. The van der Waals surface area contributed by atoms with Crippen LogP contribution in [0.2, 0.25) is 0 Å². The van der Waals surface area contributed by atoms with Crippen molar-refractivity contribution in [2.24, 2.45) is 5.73 Å². The molecule has 0 aromatic carbocycles. The predicted molar refractivity (Wildman–Crippen MR) is 79.5 cm³/mol. The van der Waals surface area contributed by atoms with Crippen molar-refractivity contribution >= 4 is 23.9 Å². The van der Waals surface area contributed by atoms with Crippen LogP contribution < -0.4 is 45.9 Å². The first-order chi connectivity index (χ1) is 11.1. The van der Waals surface area contributed by atoms with Crippen LogP contribution >= 0.6 is 0 Å². The first kappa shape index (κ1) is 28.5. The molecule has 0 aliphatic carbocycles. The Balaban J connectivity index is -0.000000867. The third-order valence-electron chi connectivity index (χ3n) is 2.39. The van der Waals surface area contributed by atoms with E-state index in [1.54, 1.807) is 0 Å². The van der Waals surface area contributed by atoms with E-state index in [1.165, 1.54) is 0 Å². The van der Waals surface area contributed by atoms with Crippen LogP contribution in [0.25, 0.3) is 0 Å². The van der Waals surface area contributed by atoms with Gasteiger partial charge in [-0.15, -0.1) is 0 Å². The van der Waals surface area contributed by atoms with E-state index in [1.807, 2.05) is 0 Å². The molecule has 0 aromatic heterocycles. The number of hydrogen-bond acceptors (Lipinski definition) is 8. The minimum absolute atomic E-state index is 0. The average molecular weight is 376 g/mol. The molecule has 13 heteroatoms. The molecule has 12 nitrogen and oxygen atoms in total. The second-order valence-electron chi connectivity index (χ2n) is 4.40. The van der Waals surface area contributed by atoms with E-state index in [0.29, 0.717) is 6.54 Å². The van der Waals surface area contributed by atoms with Crippen LogP contribution in [0.4, 0.5) is 0 Å². The van der Waals surface area contributed by atoms with Gasteiger partial charge in [0.1, 0.15) is 12.1 Å². The van der Waals surface area contributed by atoms with Gasteiger partial charge >= 0.3 is 53.4 Å². The molecule has 0 aliphatic heterocycles. The van der Waals surface area contributed by atoms with Gasteiger partial charge in [-0.25, -0.2) is 0 Å². The van der Waals surface area contributed by atoms with Crippen molar-refractivity contribution in [1.29, 1.82) is 0 Å².